The van der Waals surface area contributed by atoms with Gasteiger partial charge in [0.1, 0.15) is 0 Å². The van der Waals surface area contributed by atoms with Crippen LogP contribution >= 0.6 is 0 Å². The molecule has 5 nitrogen and oxygen atoms in total. The van der Waals surface area contributed by atoms with Crippen molar-refractivity contribution in [3.63, 3.8) is 0 Å². The van der Waals surface area contributed by atoms with Crippen LogP contribution in [0.3, 0.4) is 0 Å². The maximum absolute atomic E-state index is 11.8. The van der Waals surface area contributed by atoms with Crippen LogP contribution in [0.5, 0.6) is 0 Å². The molecule has 1 heterocycles. The van der Waals surface area contributed by atoms with Gasteiger partial charge in [0.25, 0.3) is 5.91 Å². The Kier molecular flexibility index (Phi) is 4.03. The normalized spacial score (nSPS) is 10.0. The van der Waals surface area contributed by atoms with E-state index in [0.29, 0.717) is 6.54 Å². The first-order valence-corrected chi connectivity index (χ1v) is 4.98. The van der Waals surface area contributed by atoms with Gasteiger partial charge in [-0.1, -0.05) is 13.3 Å². The number of unbranched alkanes of at least 4 members (excludes halogenated alkanes) is 1. The third-order valence-electron chi connectivity index (χ3n) is 2.12. The average molecular weight is 208 g/mol. The predicted molar refractivity (Wildman–Crippen MR) is 58.3 cm³/mol. The second kappa shape index (κ2) is 5.29. The highest BCUT2D eigenvalue weighted by molar-refractivity contribution is 5.96. The molecule has 15 heavy (non-hydrogen) atoms. The number of hydrogen-bond donors (Lipinski definition) is 1. The Morgan fingerprint density at radius 1 is 1.47 bits per heavy atom. The average Bonchev–Trinajstić information content (AvgIpc) is 2.25. The Bertz CT molecular complexity index is 340. The molecule has 1 aromatic rings. The molecule has 0 aliphatic rings. The van der Waals surface area contributed by atoms with Gasteiger partial charge in [0.15, 0.2) is 11.5 Å². The Morgan fingerprint density at radius 2 is 2.13 bits per heavy atom. The Hall–Kier alpha value is -1.65. The number of nitrogens with zero attached hydrogens (tertiary/aromatic N) is 3. The van der Waals surface area contributed by atoms with Crippen LogP contribution in [0.25, 0.3) is 0 Å². The second-order valence-electron chi connectivity index (χ2n) is 3.37. The SMILES string of the molecule is CCCCN(C)C(=O)c1nccnc1N. The summed E-state index contributed by atoms with van der Waals surface area (Å²) in [5.41, 5.74) is 5.80. The van der Waals surface area contributed by atoms with Crippen molar-refractivity contribution < 1.29 is 4.79 Å². The fourth-order valence-electron chi connectivity index (χ4n) is 1.19. The summed E-state index contributed by atoms with van der Waals surface area (Å²) in [6.45, 7) is 2.79. The fourth-order valence-corrected chi connectivity index (χ4v) is 1.19. The predicted octanol–water partition coefficient (Wildman–Crippen LogP) is 0.931. The lowest BCUT2D eigenvalue weighted by Crippen LogP contribution is -2.29. The maximum Gasteiger partial charge on any atom is 0.276 e. The number of carbonyl (C=O) groups is 1. The molecule has 0 unspecified atom stereocenters. The first-order chi connectivity index (χ1) is 7.16. The molecule has 0 saturated carbocycles. The largest absolute Gasteiger partial charge is 0.382 e. The lowest BCUT2D eigenvalue weighted by Gasteiger charge is -2.16. The van der Waals surface area contributed by atoms with Crippen molar-refractivity contribution in [2.45, 2.75) is 19.8 Å². The second-order valence-corrected chi connectivity index (χ2v) is 3.37. The number of rotatable bonds is 4. The molecule has 0 fully saturated rings. The number of anilines is 1. The van der Waals surface area contributed by atoms with Gasteiger partial charge in [0.2, 0.25) is 0 Å². The van der Waals surface area contributed by atoms with Gasteiger partial charge in [-0.3, -0.25) is 4.79 Å². The van der Waals surface area contributed by atoms with Gasteiger partial charge in [-0.25, -0.2) is 9.97 Å². The summed E-state index contributed by atoms with van der Waals surface area (Å²) in [5.74, 6) is 0.0138. The highest BCUT2D eigenvalue weighted by atomic mass is 16.2. The molecule has 1 aromatic heterocycles. The van der Waals surface area contributed by atoms with Crippen molar-refractivity contribution in [2.75, 3.05) is 19.3 Å². The van der Waals surface area contributed by atoms with Gasteiger partial charge in [0, 0.05) is 26.0 Å². The molecule has 82 valence electrons. The van der Waals surface area contributed by atoms with Gasteiger partial charge in [0.05, 0.1) is 0 Å². The Labute approximate surface area is 89.3 Å². The number of hydrogen-bond acceptors (Lipinski definition) is 4. The van der Waals surface area contributed by atoms with E-state index in [2.05, 4.69) is 16.9 Å². The molecule has 0 spiro atoms. The zero-order valence-corrected chi connectivity index (χ0v) is 9.10. The van der Waals surface area contributed by atoms with E-state index in [-0.39, 0.29) is 17.4 Å². The molecular formula is C10H16N4O. The number of aromatic nitrogens is 2. The Balaban J connectivity index is 2.72. The van der Waals surface area contributed by atoms with Gasteiger partial charge < -0.3 is 10.6 Å². The first kappa shape index (κ1) is 11.4. The molecule has 0 radical (unpaired) electrons. The summed E-state index contributed by atoms with van der Waals surface area (Å²) in [5, 5.41) is 0. The molecule has 2 N–H and O–H groups in total. The topological polar surface area (TPSA) is 72.1 Å². The number of nitrogen functional groups attached to an aromatic ring is 1. The molecule has 0 atom stereocenters. The van der Waals surface area contributed by atoms with E-state index in [1.165, 1.54) is 12.4 Å². The van der Waals surface area contributed by atoms with Crippen LogP contribution in [0.1, 0.15) is 30.3 Å². The Morgan fingerprint density at radius 3 is 2.73 bits per heavy atom. The van der Waals surface area contributed by atoms with Crippen LogP contribution in [0, 0.1) is 0 Å². The van der Waals surface area contributed by atoms with Gasteiger partial charge in [-0.2, -0.15) is 0 Å². The van der Waals surface area contributed by atoms with Crippen molar-refractivity contribution >= 4 is 11.7 Å². The van der Waals surface area contributed by atoms with Crippen molar-refractivity contribution in [3.8, 4) is 0 Å². The van der Waals surface area contributed by atoms with Crippen LogP contribution in [-0.4, -0.2) is 34.4 Å². The summed E-state index contributed by atoms with van der Waals surface area (Å²) in [4.78, 5) is 21.2. The van der Waals surface area contributed by atoms with E-state index in [1.807, 2.05) is 0 Å². The molecule has 0 aromatic carbocycles. The summed E-state index contributed by atoms with van der Waals surface area (Å²) >= 11 is 0. The van der Waals surface area contributed by atoms with Crippen LogP contribution in [0.2, 0.25) is 0 Å². The van der Waals surface area contributed by atoms with Crippen LogP contribution < -0.4 is 5.73 Å². The minimum absolute atomic E-state index is 0.172. The first-order valence-electron chi connectivity index (χ1n) is 4.98. The van der Waals surface area contributed by atoms with Crippen LogP contribution in [-0.2, 0) is 0 Å². The number of carbonyl (C=O) groups excluding carboxylic acids is 1. The van der Waals surface area contributed by atoms with Crippen molar-refractivity contribution in [1.29, 1.82) is 0 Å². The van der Waals surface area contributed by atoms with E-state index >= 15 is 0 Å². The highest BCUT2D eigenvalue weighted by Crippen LogP contribution is 2.06. The van der Waals surface area contributed by atoms with Crippen molar-refractivity contribution in [2.24, 2.45) is 0 Å². The summed E-state index contributed by atoms with van der Waals surface area (Å²) in [6.07, 6.45) is 4.96. The standard InChI is InChI=1S/C10H16N4O/c1-3-4-7-14(2)10(15)8-9(11)13-6-5-12-8/h5-6H,3-4,7H2,1-2H3,(H2,11,13). The van der Waals surface area contributed by atoms with Gasteiger partial charge in [-0.05, 0) is 6.42 Å². The third kappa shape index (κ3) is 2.90. The summed E-state index contributed by atoms with van der Waals surface area (Å²) < 4.78 is 0. The molecule has 0 saturated heterocycles. The fraction of sp³-hybridized carbons (Fsp3) is 0.500. The highest BCUT2D eigenvalue weighted by Gasteiger charge is 2.15. The minimum atomic E-state index is -0.172. The number of nitrogens with two attached hydrogens (primary N) is 1. The van der Waals surface area contributed by atoms with E-state index in [4.69, 9.17) is 5.73 Å². The molecule has 1 rings (SSSR count). The lowest BCUT2D eigenvalue weighted by molar-refractivity contribution is 0.0788. The summed E-state index contributed by atoms with van der Waals surface area (Å²) in [6, 6.07) is 0. The van der Waals surface area contributed by atoms with Crippen LogP contribution in [0.4, 0.5) is 5.82 Å². The quantitative estimate of drug-likeness (QED) is 0.799. The summed E-state index contributed by atoms with van der Waals surface area (Å²) in [7, 11) is 1.74. The zero-order chi connectivity index (χ0) is 11.3. The molecule has 0 aliphatic heterocycles. The van der Waals surface area contributed by atoms with Crippen molar-refractivity contribution in [3.05, 3.63) is 18.1 Å². The van der Waals surface area contributed by atoms with E-state index in [0.717, 1.165) is 12.8 Å². The van der Waals surface area contributed by atoms with Crippen molar-refractivity contribution in [1.82, 2.24) is 14.9 Å². The van der Waals surface area contributed by atoms with E-state index < -0.39 is 0 Å². The number of amides is 1. The molecule has 5 heteroatoms. The smallest absolute Gasteiger partial charge is 0.276 e. The third-order valence-corrected chi connectivity index (χ3v) is 2.12. The molecule has 0 bridgehead atoms. The van der Waals surface area contributed by atoms with Gasteiger partial charge in [-0.15, -0.1) is 0 Å². The lowest BCUT2D eigenvalue weighted by atomic mass is 10.3. The van der Waals surface area contributed by atoms with Crippen LogP contribution in [0.15, 0.2) is 12.4 Å². The monoisotopic (exact) mass is 208 g/mol. The maximum atomic E-state index is 11.8. The van der Waals surface area contributed by atoms with E-state index in [9.17, 15) is 4.79 Å². The molecular weight excluding hydrogens is 192 g/mol. The van der Waals surface area contributed by atoms with E-state index in [1.54, 1.807) is 11.9 Å². The zero-order valence-electron chi connectivity index (χ0n) is 9.10. The minimum Gasteiger partial charge on any atom is -0.382 e. The molecule has 0 aliphatic carbocycles. The molecule has 1 amide bonds. The van der Waals surface area contributed by atoms with Gasteiger partial charge >= 0.3 is 0 Å².